The van der Waals surface area contributed by atoms with Gasteiger partial charge in [-0.25, -0.2) is 4.79 Å². The van der Waals surface area contributed by atoms with Gasteiger partial charge in [-0.15, -0.1) is 0 Å². The van der Waals surface area contributed by atoms with E-state index in [-0.39, 0.29) is 5.69 Å². The highest BCUT2D eigenvalue weighted by Crippen LogP contribution is 2.18. The molecule has 6 nitrogen and oxygen atoms in total. The van der Waals surface area contributed by atoms with Crippen molar-refractivity contribution in [2.24, 2.45) is 7.05 Å². The molecule has 0 bridgehead atoms. The number of aryl methyl sites for hydroxylation is 1. The Hall–Kier alpha value is -2.50. The molecule has 0 spiro atoms. The average Bonchev–Trinajstić information content (AvgIpc) is 2.76. The summed E-state index contributed by atoms with van der Waals surface area (Å²) in [5, 5.41) is 4.75. The molecule has 19 heavy (non-hydrogen) atoms. The second-order valence-corrected chi connectivity index (χ2v) is 4.00. The van der Waals surface area contributed by atoms with Gasteiger partial charge in [0.05, 0.1) is 19.0 Å². The molecule has 2 rings (SSSR count). The van der Waals surface area contributed by atoms with Crippen LogP contribution >= 0.6 is 0 Å². The van der Waals surface area contributed by atoms with E-state index < -0.39 is 24.0 Å². The first-order valence-electron chi connectivity index (χ1n) is 5.60. The fourth-order valence-corrected chi connectivity index (χ4v) is 1.84. The molecule has 0 saturated carbocycles. The number of esters is 1. The predicted molar refractivity (Wildman–Crippen MR) is 66.7 cm³/mol. The summed E-state index contributed by atoms with van der Waals surface area (Å²) in [6.07, 6.45) is -0.534. The maximum Gasteiger partial charge on any atom is 0.374 e. The number of methoxy groups -OCH3 is 1. The van der Waals surface area contributed by atoms with Crippen molar-refractivity contribution in [2.75, 3.05) is 7.11 Å². The normalized spacial score (nSPS) is 10.4. The van der Waals surface area contributed by atoms with Crippen molar-refractivity contribution in [1.29, 1.82) is 0 Å². The summed E-state index contributed by atoms with van der Waals surface area (Å²) >= 11 is 0. The molecule has 6 heteroatoms. The number of carbonyl (C=O) groups excluding carboxylic acids is 3. The number of Topliss-reactive ketones (excluding diaryl/α,β-unsaturated/α-hetero) is 2. The first kappa shape index (κ1) is 12.9. The van der Waals surface area contributed by atoms with Crippen molar-refractivity contribution < 1.29 is 19.1 Å². The van der Waals surface area contributed by atoms with E-state index in [1.54, 1.807) is 23.9 Å². The minimum absolute atomic E-state index is 0.190. The number of hydrogen-bond donors (Lipinski definition) is 0. The Labute approximate surface area is 109 Å². The molecule has 0 aliphatic heterocycles. The molecule has 1 aromatic heterocycles. The zero-order chi connectivity index (χ0) is 14.0. The van der Waals surface area contributed by atoms with E-state index >= 15 is 0 Å². The first-order chi connectivity index (χ1) is 9.04. The lowest BCUT2D eigenvalue weighted by molar-refractivity contribution is -0.151. The van der Waals surface area contributed by atoms with E-state index in [4.69, 9.17) is 0 Å². The van der Waals surface area contributed by atoms with Gasteiger partial charge in [0.25, 0.3) is 0 Å². The van der Waals surface area contributed by atoms with Gasteiger partial charge in [0.1, 0.15) is 5.69 Å². The summed E-state index contributed by atoms with van der Waals surface area (Å²) in [6, 6.07) is 7.18. The maximum atomic E-state index is 12.0. The molecule has 0 aliphatic carbocycles. The minimum Gasteiger partial charge on any atom is -0.463 e. The van der Waals surface area contributed by atoms with Gasteiger partial charge in [-0.1, -0.05) is 18.2 Å². The molecular weight excluding hydrogens is 248 g/mol. The Balaban J connectivity index is 2.32. The van der Waals surface area contributed by atoms with Gasteiger partial charge in [-0.3, -0.25) is 14.3 Å². The number of hydrogen-bond acceptors (Lipinski definition) is 5. The number of fused-ring (bicyclic) bond motifs is 1. The number of aromatic nitrogens is 2. The number of para-hydroxylation sites is 1. The molecule has 0 amide bonds. The second kappa shape index (κ2) is 5.01. The molecule has 0 unspecified atom stereocenters. The van der Waals surface area contributed by atoms with Crippen LogP contribution in [0.5, 0.6) is 0 Å². The minimum atomic E-state index is -1.02. The molecule has 0 fully saturated rings. The number of carbonyl (C=O) groups is 3. The zero-order valence-corrected chi connectivity index (χ0v) is 10.5. The highest BCUT2D eigenvalue weighted by Gasteiger charge is 2.23. The van der Waals surface area contributed by atoms with E-state index in [1.165, 1.54) is 0 Å². The van der Waals surface area contributed by atoms with Crippen LogP contribution in [0.2, 0.25) is 0 Å². The van der Waals surface area contributed by atoms with E-state index in [2.05, 4.69) is 9.84 Å². The van der Waals surface area contributed by atoms with Crippen molar-refractivity contribution in [3.63, 3.8) is 0 Å². The second-order valence-electron chi connectivity index (χ2n) is 4.00. The van der Waals surface area contributed by atoms with Crippen LogP contribution in [0.15, 0.2) is 24.3 Å². The van der Waals surface area contributed by atoms with Gasteiger partial charge in [0.15, 0.2) is 5.78 Å². The SMILES string of the molecule is COC(=O)C(=O)CC(=O)c1nn(C)c2ccccc12. The zero-order valence-electron chi connectivity index (χ0n) is 10.5. The van der Waals surface area contributed by atoms with Crippen molar-refractivity contribution in [2.45, 2.75) is 6.42 Å². The van der Waals surface area contributed by atoms with E-state index in [9.17, 15) is 14.4 Å². The third-order valence-electron chi connectivity index (χ3n) is 2.76. The summed E-state index contributed by atoms with van der Waals surface area (Å²) < 4.78 is 5.84. The maximum absolute atomic E-state index is 12.0. The molecule has 1 heterocycles. The molecule has 0 radical (unpaired) electrons. The Kier molecular flexibility index (Phi) is 3.41. The van der Waals surface area contributed by atoms with Crippen LogP contribution in [0.1, 0.15) is 16.9 Å². The van der Waals surface area contributed by atoms with E-state index in [1.807, 2.05) is 12.1 Å². The van der Waals surface area contributed by atoms with Gasteiger partial charge in [0, 0.05) is 12.4 Å². The van der Waals surface area contributed by atoms with Crippen molar-refractivity contribution in [3.05, 3.63) is 30.0 Å². The molecule has 0 atom stereocenters. The van der Waals surface area contributed by atoms with Crippen LogP contribution in [-0.2, 0) is 21.4 Å². The third kappa shape index (κ3) is 2.37. The summed E-state index contributed by atoms with van der Waals surface area (Å²) in [4.78, 5) is 34.4. The molecule has 98 valence electrons. The van der Waals surface area contributed by atoms with Crippen molar-refractivity contribution >= 4 is 28.4 Å². The lowest BCUT2D eigenvalue weighted by Crippen LogP contribution is -2.19. The lowest BCUT2D eigenvalue weighted by atomic mass is 10.1. The topological polar surface area (TPSA) is 78.3 Å². The summed E-state index contributed by atoms with van der Waals surface area (Å²) in [6.45, 7) is 0. The monoisotopic (exact) mass is 260 g/mol. The highest BCUT2D eigenvalue weighted by molar-refractivity contribution is 6.38. The molecular formula is C13H12N2O4. The Morgan fingerprint density at radius 3 is 2.63 bits per heavy atom. The Bertz CT molecular complexity index is 672. The summed E-state index contributed by atoms with van der Waals surface area (Å²) in [7, 11) is 2.81. The van der Waals surface area contributed by atoms with Crippen LogP contribution in [0.25, 0.3) is 10.9 Å². The fraction of sp³-hybridized carbons (Fsp3) is 0.231. The summed E-state index contributed by atoms with van der Waals surface area (Å²) in [5.74, 6) is -2.39. The average molecular weight is 260 g/mol. The first-order valence-corrected chi connectivity index (χ1v) is 5.60. The van der Waals surface area contributed by atoms with Crippen molar-refractivity contribution in [1.82, 2.24) is 9.78 Å². The van der Waals surface area contributed by atoms with Crippen LogP contribution in [-0.4, -0.2) is 34.4 Å². The van der Waals surface area contributed by atoms with Crippen LogP contribution in [0.4, 0.5) is 0 Å². The molecule has 0 N–H and O–H groups in total. The Morgan fingerprint density at radius 2 is 1.95 bits per heavy atom. The van der Waals surface area contributed by atoms with Gasteiger partial charge in [-0.05, 0) is 6.07 Å². The van der Waals surface area contributed by atoms with Crippen LogP contribution in [0.3, 0.4) is 0 Å². The number of rotatable bonds is 4. The number of ether oxygens (including phenoxy) is 1. The van der Waals surface area contributed by atoms with Crippen LogP contribution < -0.4 is 0 Å². The third-order valence-corrected chi connectivity index (χ3v) is 2.76. The largest absolute Gasteiger partial charge is 0.463 e. The lowest BCUT2D eigenvalue weighted by Gasteiger charge is -1.97. The van der Waals surface area contributed by atoms with Crippen molar-refractivity contribution in [3.8, 4) is 0 Å². The Morgan fingerprint density at radius 1 is 1.26 bits per heavy atom. The van der Waals surface area contributed by atoms with Gasteiger partial charge in [-0.2, -0.15) is 5.10 Å². The smallest absolute Gasteiger partial charge is 0.374 e. The highest BCUT2D eigenvalue weighted by atomic mass is 16.5. The quantitative estimate of drug-likeness (QED) is 0.353. The predicted octanol–water partition coefficient (Wildman–Crippen LogP) is 0.888. The van der Waals surface area contributed by atoms with Gasteiger partial charge in [0.2, 0.25) is 5.78 Å². The number of nitrogens with zero attached hydrogens (tertiary/aromatic N) is 2. The molecule has 0 saturated heterocycles. The van der Waals surface area contributed by atoms with Gasteiger partial charge >= 0.3 is 5.97 Å². The van der Waals surface area contributed by atoms with Crippen LogP contribution in [0, 0.1) is 0 Å². The number of ketones is 2. The molecule has 2 aromatic rings. The molecule has 0 aliphatic rings. The standard InChI is InChI=1S/C13H12N2O4/c1-15-9-6-4-3-5-8(9)12(14-15)10(16)7-11(17)13(18)19-2/h3-6H,7H2,1-2H3. The number of benzene rings is 1. The summed E-state index contributed by atoms with van der Waals surface area (Å²) in [5.41, 5.74) is 0.978. The van der Waals surface area contributed by atoms with E-state index in [0.717, 1.165) is 12.6 Å². The van der Waals surface area contributed by atoms with E-state index in [0.29, 0.717) is 5.39 Å². The molecule has 1 aromatic carbocycles. The fourth-order valence-electron chi connectivity index (χ4n) is 1.84. The van der Waals surface area contributed by atoms with Gasteiger partial charge < -0.3 is 4.74 Å².